The minimum absolute atomic E-state index is 0.307. The predicted molar refractivity (Wildman–Crippen MR) is 57.5 cm³/mol. The topological polar surface area (TPSA) is 51.0 Å². The number of hydrogen-bond donors (Lipinski definition) is 1. The van der Waals surface area contributed by atoms with E-state index in [0.717, 1.165) is 37.5 Å². The summed E-state index contributed by atoms with van der Waals surface area (Å²) in [6.45, 7) is 3.19. The molecular formula is C11H19N3O. The van der Waals surface area contributed by atoms with E-state index in [4.69, 9.17) is 4.52 Å². The number of nitrogens with one attached hydrogen (secondary N) is 1. The first-order valence-corrected chi connectivity index (χ1v) is 5.96. The van der Waals surface area contributed by atoms with Crippen LogP contribution in [-0.4, -0.2) is 16.7 Å². The fraction of sp³-hybridized carbons (Fsp3) is 0.818. The molecule has 0 bridgehead atoms. The molecule has 0 spiro atoms. The molecule has 1 aromatic rings. The van der Waals surface area contributed by atoms with Crippen molar-refractivity contribution in [2.45, 2.75) is 51.5 Å². The van der Waals surface area contributed by atoms with E-state index < -0.39 is 0 Å². The van der Waals surface area contributed by atoms with Crippen molar-refractivity contribution < 1.29 is 4.52 Å². The SMILES string of the molecule is CCCc1nc(C2CCCCCN2)no1. The van der Waals surface area contributed by atoms with E-state index in [1.54, 1.807) is 0 Å². The number of aromatic nitrogens is 2. The maximum absolute atomic E-state index is 5.20. The summed E-state index contributed by atoms with van der Waals surface area (Å²) in [7, 11) is 0. The fourth-order valence-electron chi connectivity index (χ4n) is 1.97. The largest absolute Gasteiger partial charge is 0.339 e. The van der Waals surface area contributed by atoms with E-state index in [9.17, 15) is 0 Å². The van der Waals surface area contributed by atoms with Gasteiger partial charge in [-0.3, -0.25) is 0 Å². The zero-order chi connectivity index (χ0) is 10.5. The maximum Gasteiger partial charge on any atom is 0.226 e. The van der Waals surface area contributed by atoms with Crippen LogP contribution in [-0.2, 0) is 6.42 Å². The molecule has 1 aliphatic rings. The van der Waals surface area contributed by atoms with Crippen LogP contribution in [0.25, 0.3) is 0 Å². The Morgan fingerprint density at radius 3 is 3.20 bits per heavy atom. The fourth-order valence-corrected chi connectivity index (χ4v) is 1.97. The van der Waals surface area contributed by atoms with Gasteiger partial charge in [0.1, 0.15) is 0 Å². The average molecular weight is 209 g/mol. The van der Waals surface area contributed by atoms with Gasteiger partial charge in [-0.15, -0.1) is 0 Å². The first-order valence-electron chi connectivity index (χ1n) is 5.96. The molecule has 2 heterocycles. The van der Waals surface area contributed by atoms with Crippen LogP contribution in [0.15, 0.2) is 4.52 Å². The smallest absolute Gasteiger partial charge is 0.226 e. The molecule has 1 fully saturated rings. The minimum Gasteiger partial charge on any atom is -0.339 e. The lowest BCUT2D eigenvalue weighted by atomic mass is 10.1. The molecule has 0 amide bonds. The van der Waals surface area contributed by atoms with E-state index in [-0.39, 0.29) is 0 Å². The highest BCUT2D eigenvalue weighted by Gasteiger charge is 2.18. The van der Waals surface area contributed by atoms with Crippen molar-refractivity contribution in [3.8, 4) is 0 Å². The van der Waals surface area contributed by atoms with Gasteiger partial charge < -0.3 is 9.84 Å². The lowest BCUT2D eigenvalue weighted by Gasteiger charge is -2.09. The van der Waals surface area contributed by atoms with Crippen molar-refractivity contribution in [3.05, 3.63) is 11.7 Å². The standard InChI is InChI=1S/C11H19N3O/c1-2-6-10-13-11(14-15-10)9-7-4-3-5-8-12-9/h9,12H,2-8H2,1H3. The summed E-state index contributed by atoms with van der Waals surface area (Å²) in [4.78, 5) is 4.43. The Bertz CT molecular complexity index is 290. The molecule has 15 heavy (non-hydrogen) atoms. The Labute approximate surface area is 90.4 Å². The predicted octanol–water partition coefficient (Wildman–Crippen LogP) is 2.23. The molecular weight excluding hydrogens is 190 g/mol. The number of nitrogens with zero attached hydrogens (tertiary/aromatic N) is 2. The minimum atomic E-state index is 0.307. The van der Waals surface area contributed by atoms with Gasteiger partial charge in [-0.2, -0.15) is 4.98 Å². The van der Waals surface area contributed by atoms with Crippen LogP contribution in [0.3, 0.4) is 0 Å². The number of rotatable bonds is 3. The van der Waals surface area contributed by atoms with Crippen molar-refractivity contribution in [2.24, 2.45) is 0 Å². The Morgan fingerprint density at radius 1 is 1.40 bits per heavy atom. The van der Waals surface area contributed by atoms with Crippen LogP contribution in [0.4, 0.5) is 0 Å². The first kappa shape index (κ1) is 10.6. The molecule has 1 unspecified atom stereocenters. The Morgan fingerprint density at radius 2 is 2.33 bits per heavy atom. The van der Waals surface area contributed by atoms with Crippen LogP contribution in [0.2, 0.25) is 0 Å². The molecule has 4 heteroatoms. The van der Waals surface area contributed by atoms with Crippen molar-refractivity contribution in [3.63, 3.8) is 0 Å². The van der Waals surface area contributed by atoms with E-state index in [1.807, 2.05) is 0 Å². The van der Waals surface area contributed by atoms with Gasteiger partial charge in [0.15, 0.2) is 5.82 Å². The average Bonchev–Trinajstić information content (AvgIpc) is 2.53. The number of aryl methyl sites for hydroxylation is 1. The first-order chi connectivity index (χ1) is 7.40. The van der Waals surface area contributed by atoms with Crippen molar-refractivity contribution in [1.29, 1.82) is 0 Å². The van der Waals surface area contributed by atoms with Crippen molar-refractivity contribution in [2.75, 3.05) is 6.54 Å². The van der Waals surface area contributed by atoms with Crippen LogP contribution in [0, 0.1) is 0 Å². The molecule has 1 saturated heterocycles. The van der Waals surface area contributed by atoms with E-state index >= 15 is 0 Å². The van der Waals surface area contributed by atoms with E-state index in [2.05, 4.69) is 22.4 Å². The zero-order valence-electron chi connectivity index (χ0n) is 9.33. The lowest BCUT2D eigenvalue weighted by molar-refractivity contribution is 0.363. The summed E-state index contributed by atoms with van der Waals surface area (Å²) < 4.78 is 5.20. The second kappa shape index (κ2) is 5.26. The third-order valence-corrected chi connectivity index (χ3v) is 2.82. The highest BCUT2D eigenvalue weighted by atomic mass is 16.5. The second-order valence-electron chi connectivity index (χ2n) is 4.15. The van der Waals surface area contributed by atoms with Gasteiger partial charge in [0, 0.05) is 6.42 Å². The molecule has 2 rings (SSSR count). The lowest BCUT2D eigenvalue weighted by Crippen LogP contribution is -2.21. The molecule has 1 N–H and O–H groups in total. The highest BCUT2D eigenvalue weighted by Crippen LogP contribution is 2.20. The normalized spacial score (nSPS) is 22.6. The van der Waals surface area contributed by atoms with E-state index in [0.29, 0.717) is 6.04 Å². The third-order valence-electron chi connectivity index (χ3n) is 2.82. The molecule has 4 nitrogen and oxygen atoms in total. The van der Waals surface area contributed by atoms with Gasteiger partial charge >= 0.3 is 0 Å². The van der Waals surface area contributed by atoms with Crippen molar-refractivity contribution >= 4 is 0 Å². The van der Waals surface area contributed by atoms with Crippen LogP contribution in [0.5, 0.6) is 0 Å². The van der Waals surface area contributed by atoms with Gasteiger partial charge in [0.2, 0.25) is 5.89 Å². The summed E-state index contributed by atoms with van der Waals surface area (Å²) in [5.74, 6) is 1.62. The Hall–Kier alpha value is -0.900. The molecule has 0 aromatic carbocycles. The molecule has 0 radical (unpaired) electrons. The molecule has 0 saturated carbocycles. The zero-order valence-corrected chi connectivity index (χ0v) is 9.33. The van der Waals surface area contributed by atoms with Crippen molar-refractivity contribution in [1.82, 2.24) is 15.5 Å². The summed E-state index contributed by atoms with van der Waals surface area (Å²) in [5, 5.41) is 7.52. The summed E-state index contributed by atoms with van der Waals surface area (Å²) in [5.41, 5.74) is 0. The quantitative estimate of drug-likeness (QED) is 0.829. The maximum atomic E-state index is 5.20. The third kappa shape index (κ3) is 2.78. The van der Waals surface area contributed by atoms with Crippen LogP contribution < -0.4 is 5.32 Å². The Kier molecular flexibility index (Phi) is 3.72. The molecule has 1 aliphatic heterocycles. The highest BCUT2D eigenvalue weighted by molar-refractivity contribution is 4.95. The van der Waals surface area contributed by atoms with Gasteiger partial charge in [0.25, 0.3) is 0 Å². The molecule has 1 aromatic heterocycles. The number of hydrogen-bond acceptors (Lipinski definition) is 4. The molecule has 84 valence electrons. The van der Waals surface area contributed by atoms with Crippen LogP contribution in [0.1, 0.15) is 56.8 Å². The summed E-state index contributed by atoms with van der Waals surface area (Å²) >= 11 is 0. The van der Waals surface area contributed by atoms with Gasteiger partial charge in [-0.1, -0.05) is 24.9 Å². The second-order valence-corrected chi connectivity index (χ2v) is 4.15. The van der Waals surface area contributed by atoms with Gasteiger partial charge in [-0.25, -0.2) is 0 Å². The summed E-state index contributed by atoms with van der Waals surface area (Å²) in [6, 6.07) is 0.307. The molecule has 1 atom stereocenters. The summed E-state index contributed by atoms with van der Waals surface area (Å²) in [6.07, 6.45) is 6.90. The monoisotopic (exact) mass is 209 g/mol. The molecule has 0 aliphatic carbocycles. The van der Waals surface area contributed by atoms with Gasteiger partial charge in [0.05, 0.1) is 6.04 Å². The Balaban J connectivity index is 2.00. The van der Waals surface area contributed by atoms with E-state index in [1.165, 1.54) is 19.3 Å². The van der Waals surface area contributed by atoms with Gasteiger partial charge in [-0.05, 0) is 25.8 Å². The van der Waals surface area contributed by atoms with Crippen LogP contribution >= 0.6 is 0 Å².